The maximum Gasteiger partial charge on any atom is 0.451 e. The molecule has 0 radical (unpaired) electrons. The molecule has 0 saturated carbocycles. The average Bonchev–Trinajstić information content (AvgIpc) is 3.17. The van der Waals surface area contributed by atoms with Crippen LogP contribution in [0.2, 0.25) is 0 Å². The average molecular weight is 405 g/mol. The van der Waals surface area contributed by atoms with Gasteiger partial charge in [-0.1, -0.05) is 0 Å². The van der Waals surface area contributed by atoms with Gasteiger partial charge in [0.15, 0.2) is 0 Å². The highest BCUT2D eigenvalue weighted by Gasteiger charge is 2.35. The molecule has 0 aromatic carbocycles. The summed E-state index contributed by atoms with van der Waals surface area (Å²) >= 11 is 0. The SMILES string of the molecule is Cc1nc(C)c(-c2nnc(-c3ccnc(C(F)(F)F)n3)o2)c(C2CCNCC2)n1. The van der Waals surface area contributed by atoms with Crippen molar-refractivity contribution < 1.29 is 17.6 Å². The van der Waals surface area contributed by atoms with Gasteiger partial charge in [-0.2, -0.15) is 13.2 Å². The molecule has 8 nitrogen and oxygen atoms in total. The summed E-state index contributed by atoms with van der Waals surface area (Å²) in [7, 11) is 0. The standard InChI is InChI=1S/C18H18F3N7O/c1-9-13(14(25-10(2)24-9)11-3-6-22-7-4-11)16-28-27-15(29-16)12-5-8-23-17(26-12)18(19,20)21/h5,8,11,22H,3-4,6-7H2,1-2H3. The van der Waals surface area contributed by atoms with E-state index in [0.29, 0.717) is 17.1 Å². The molecule has 0 amide bonds. The monoisotopic (exact) mass is 405 g/mol. The summed E-state index contributed by atoms with van der Waals surface area (Å²) in [6.07, 6.45) is -1.84. The van der Waals surface area contributed by atoms with Crippen molar-refractivity contribution in [3.63, 3.8) is 0 Å². The molecule has 0 unspecified atom stereocenters. The summed E-state index contributed by atoms with van der Waals surface area (Å²) in [5.41, 5.74) is 2.04. The number of aryl methyl sites for hydroxylation is 2. The fraction of sp³-hybridized carbons (Fsp3) is 0.444. The van der Waals surface area contributed by atoms with Crippen molar-refractivity contribution in [3.05, 3.63) is 35.3 Å². The second-order valence-corrected chi connectivity index (χ2v) is 6.82. The lowest BCUT2D eigenvalue weighted by Crippen LogP contribution is -2.27. The second-order valence-electron chi connectivity index (χ2n) is 6.82. The van der Waals surface area contributed by atoms with Crippen LogP contribution in [0.5, 0.6) is 0 Å². The summed E-state index contributed by atoms with van der Waals surface area (Å²) < 4.78 is 44.4. The van der Waals surface area contributed by atoms with E-state index in [-0.39, 0.29) is 23.4 Å². The highest BCUT2D eigenvalue weighted by Crippen LogP contribution is 2.35. The topological polar surface area (TPSA) is 103 Å². The minimum absolute atomic E-state index is 0.0971. The number of piperidine rings is 1. The van der Waals surface area contributed by atoms with E-state index in [9.17, 15) is 13.2 Å². The lowest BCUT2D eigenvalue weighted by Gasteiger charge is -2.24. The number of halogens is 3. The molecule has 4 heterocycles. The lowest BCUT2D eigenvalue weighted by atomic mass is 9.90. The minimum atomic E-state index is -4.66. The highest BCUT2D eigenvalue weighted by molar-refractivity contribution is 5.62. The number of rotatable bonds is 3. The van der Waals surface area contributed by atoms with Crippen molar-refractivity contribution in [1.82, 2.24) is 35.5 Å². The van der Waals surface area contributed by atoms with Gasteiger partial charge in [0.05, 0.1) is 17.0 Å². The van der Waals surface area contributed by atoms with Crippen molar-refractivity contribution in [3.8, 4) is 23.0 Å². The Morgan fingerprint density at radius 2 is 1.76 bits per heavy atom. The maximum atomic E-state index is 12.9. The van der Waals surface area contributed by atoms with Gasteiger partial charge in [-0.3, -0.25) is 0 Å². The number of aromatic nitrogens is 6. The van der Waals surface area contributed by atoms with Gasteiger partial charge in [-0.15, -0.1) is 10.2 Å². The van der Waals surface area contributed by atoms with E-state index in [1.165, 1.54) is 6.07 Å². The van der Waals surface area contributed by atoms with Crippen molar-refractivity contribution in [2.75, 3.05) is 13.1 Å². The highest BCUT2D eigenvalue weighted by atomic mass is 19.4. The number of hydrogen-bond donors (Lipinski definition) is 1. The van der Waals surface area contributed by atoms with Crippen LogP contribution in [0.15, 0.2) is 16.7 Å². The van der Waals surface area contributed by atoms with Crippen LogP contribution in [0, 0.1) is 13.8 Å². The maximum absolute atomic E-state index is 12.9. The molecule has 1 aliphatic heterocycles. The first kappa shape index (κ1) is 19.4. The number of hydrogen-bond acceptors (Lipinski definition) is 8. The zero-order valence-corrected chi connectivity index (χ0v) is 15.8. The third kappa shape index (κ3) is 3.95. The van der Waals surface area contributed by atoms with Crippen molar-refractivity contribution in [2.45, 2.75) is 38.8 Å². The Morgan fingerprint density at radius 3 is 2.48 bits per heavy atom. The first-order valence-corrected chi connectivity index (χ1v) is 9.13. The van der Waals surface area contributed by atoms with Gasteiger partial charge in [0.25, 0.3) is 11.8 Å². The zero-order chi connectivity index (χ0) is 20.6. The Morgan fingerprint density at radius 1 is 1.03 bits per heavy atom. The molecule has 29 heavy (non-hydrogen) atoms. The van der Waals surface area contributed by atoms with Gasteiger partial charge >= 0.3 is 6.18 Å². The van der Waals surface area contributed by atoms with Crippen molar-refractivity contribution in [1.29, 1.82) is 0 Å². The molecule has 0 bridgehead atoms. The van der Waals surface area contributed by atoms with Crippen LogP contribution in [0.4, 0.5) is 13.2 Å². The van der Waals surface area contributed by atoms with Crippen molar-refractivity contribution in [2.24, 2.45) is 0 Å². The molecule has 1 fully saturated rings. The fourth-order valence-corrected chi connectivity index (χ4v) is 3.44. The predicted molar refractivity (Wildman–Crippen MR) is 95.7 cm³/mol. The van der Waals surface area contributed by atoms with E-state index in [0.717, 1.165) is 37.8 Å². The Bertz CT molecular complexity index is 1030. The molecule has 1 aliphatic rings. The Hall–Kier alpha value is -2.95. The molecule has 1 saturated heterocycles. The first-order chi connectivity index (χ1) is 13.8. The normalized spacial score (nSPS) is 15.6. The molecule has 3 aromatic rings. The summed E-state index contributed by atoms with van der Waals surface area (Å²) in [5.74, 6) is -0.370. The quantitative estimate of drug-likeness (QED) is 0.709. The summed E-state index contributed by atoms with van der Waals surface area (Å²) in [5, 5.41) is 11.3. The molecule has 4 rings (SSSR count). The van der Waals surface area contributed by atoms with Gasteiger partial charge in [-0.25, -0.2) is 19.9 Å². The van der Waals surface area contributed by atoms with Gasteiger partial charge in [-0.05, 0) is 45.8 Å². The third-order valence-corrected chi connectivity index (χ3v) is 4.72. The van der Waals surface area contributed by atoms with Crippen LogP contribution in [-0.2, 0) is 6.18 Å². The molecule has 11 heteroatoms. The third-order valence-electron chi connectivity index (χ3n) is 4.72. The van der Waals surface area contributed by atoms with Crippen LogP contribution in [0.3, 0.4) is 0 Å². The first-order valence-electron chi connectivity index (χ1n) is 9.13. The summed E-state index contributed by atoms with van der Waals surface area (Å²) in [6.45, 7) is 5.40. The summed E-state index contributed by atoms with van der Waals surface area (Å²) in [6, 6.07) is 1.29. The van der Waals surface area contributed by atoms with Crippen LogP contribution < -0.4 is 5.32 Å². The summed E-state index contributed by atoms with van der Waals surface area (Å²) in [4.78, 5) is 15.8. The van der Waals surface area contributed by atoms with E-state index in [1.807, 2.05) is 13.8 Å². The van der Waals surface area contributed by atoms with E-state index < -0.39 is 12.0 Å². The van der Waals surface area contributed by atoms with Crippen LogP contribution in [-0.4, -0.2) is 43.2 Å². The van der Waals surface area contributed by atoms with Gasteiger partial charge < -0.3 is 9.73 Å². The molecule has 1 N–H and O–H groups in total. The molecule has 3 aromatic heterocycles. The van der Waals surface area contributed by atoms with E-state index in [2.05, 4.69) is 35.5 Å². The van der Waals surface area contributed by atoms with Crippen LogP contribution >= 0.6 is 0 Å². The van der Waals surface area contributed by atoms with E-state index in [4.69, 9.17) is 4.42 Å². The van der Waals surface area contributed by atoms with Gasteiger partial charge in [0.2, 0.25) is 5.82 Å². The van der Waals surface area contributed by atoms with Crippen LogP contribution in [0.25, 0.3) is 23.0 Å². The predicted octanol–water partition coefficient (Wildman–Crippen LogP) is 3.09. The van der Waals surface area contributed by atoms with Crippen molar-refractivity contribution >= 4 is 0 Å². The number of nitrogens with one attached hydrogen (secondary N) is 1. The molecular weight excluding hydrogens is 387 g/mol. The van der Waals surface area contributed by atoms with Crippen LogP contribution in [0.1, 0.15) is 41.8 Å². The molecule has 152 valence electrons. The molecule has 0 spiro atoms. The molecular formula is C18H18F3N7O. The fourth-order valence-electron chi connectivity index (χ4n) is 3.44. The lowest BCUT2D eigenvalue weighted by molar-refractivity contribution is -0.144. The number of alkyl halides is 3. The second kappa shape index (κ2) is 7.47. The van der Waals surface area contributed by atoms with E-state index >= 15 is 0 Å². The Balaban J connectivity index is 1.75. The number of nitrogens with zero attached hydrogens (tertiary/aromatic N) is 6. The Kier molecular flexibility index (Phi) is 4.99. The zero-order valence-electron chi connectivity index (χ0n) is 15.8. The van der Waals surface area contributed by atoms with Gasteiger partial charge in [0.1, 0.15) is 11.5 Å². The van der Waals surface area contributed by atoms with E-state index in [1.54, 1.807) is 0 Å². The Labute approximate surface area is 164 Å². The smallest absolute Gasteiger partial charge is 0.414 e. The minimum Gasteiger partial charge on any atom is -0.414 e. The van der Waals surface area contributed by atoms with Gasteiger partial charge in [0, 0.05) is 12.1 Å². The molecule has 0 aliphatic carbocycles. The largest absolute Gasteiger partial charge is 0.451 e. The molecule has 0 atom stereocenters.